The van der Waals surface area contributed by atoms with Gasteiger partial charge in [-0.2, -0.15) is 13.1 Å². The molecule has 0 spiro atoms. The van der Waals surface area contributed by atoms with E-state index in [-0.39, 0.29) is 22.1 Å². The summed E-state index contributed by atoms with van der Waals surface area (Å²) in [5, 5.41) is 0.672. The Balaban J connectivity index is 1.32. The van der Waals surface area contributed by atoms with E-state index in [1.165, 1.54) is 6.07 Å². The number of amides is 1. The topological polar surface area (TPSA) is 128 Å². The van der Waals surface area contributed by atoms with Gasteiger partial charge in [0, 0.05) is 42.7 Å². The Bertz CT molecular complexity index is 1920. The van der Waals surface area contributed by atoms with Crippen molar-refractivity contribution < 1.29 is 26.7 Å². The molecule has 14 heteroatoms. The number of anilines is 1. The Morgan fingerprint density at radius 1 is 1.13 bits per heavy atom. The standard InChI is InChI=1S/C31H37F2N7O4S/c1-17-28(24-11-20-8-9-25(40(31(32)33)45(3,42)43)36-29(20)38(24)15-18-4-5-18)35-26-12-22(13-27(44-2)39(17)26)30(41)37-14-19-6-7-21(16-37)23(34)10-19/h8-9,11-13,18-19,21,23,31H,4-7,10,14-16,34H2,1-3H3/t19?,21-,23+/m1/s1. The van der Waals surface area contributed by atoms with Crippen molar-refractivity contribution in [2.24, 2.45) is 23.5 Å². The molecule has 2 N–H and O–H groups in total. The van der Waals surface area contributed by atoms with E-state index in [1.807, 2.05) is 26.9 Å². The van der Waals surface area contributed by atoms with Gasteiger partial charge in [-0.25, -0.2) is 18.4 Å². The third kappa shape index (κ3) is 5.31. The lowest BCUT2D eigenvalue weighted by molar-refractivity contribution is 0.0738. The summed E-state index contributed by atoms with van der Waals surface area (Å²) in [5.41, 5.74) is 9.95. The zero-order chi connectivity index (χ0) is 31.8. The molecule has 8 rings (SSSR count). The van der Waals surface area contributed by atoms with Crippen molar-refractivity contribution in [1.29, 1.82) is 0 Å². The van der Waals surface area contributed by atoms with Crippen LogP contribution in [0.15, 0.2) is 30.3 Å². The molecule has 2 saturated heterocycles. The van der Waals surface area contributed by atoms with Crippen LogP contribution in [0.4, 0.5) is 14.6 Å². The smallest absolute Gasteiger partial charge is 0.329 e. The van der Waals surface area contributed by atoms with Crippen molar-refractivity contribution in [3.8, 4) is 17.3 Å². The van der Waals surface area contributed by atoms with Crippen molar-refractivity contribution in [2.75, 3.05) is 30.8 Å². The van der Waals surface area contributed by atoms with Gasteiger partial charge in [0.2, 0.25) is 10.0 Å². The number of nitrogens with two attached hydrogens (primary N) is 1. The number of carbonyl (C=O) groups excluding carboxylic acids is 1. The van der Waals surface area contributed by atoms with Gasteiger partial charge in [-0.05, 0) is 81.0 Å². The van der Waals surface area contributed by atoms with Crippen molar-refractivity contribution in [3.05, 3.63) is 41.6 Å². The molecule has 3 atom stereocenters. The Morgan fingerprint density at radius 3 is 2.58 bits per heavy atom. The SMILES string of the molecule is COc1cc(C(=O)N2CC3CC[C@H](C2)[C@@H](N)C3)cc2nc(-c3cc4ccc(N(C(F)F)S(C)(=O)=O)nc4n3CC3CC3)c(C)n12. The quantitative estimate of drug-likeness (QED) is 0.285. The average molecular weight is 642 g/mol. The fourth-order valence-electron chi connectivity index (χ4n) is 7.16. The van der Waals surface area contributed by atoms with Gasteiger partial charge in [0.15, 0.2) is 5.88 Å². The van der Waals surface area contributed by atoms with Crippen molar-refractivity contribution >= 4 is 38.4 Å². The highest BCUT2D eigenvalue weighted by Crippen LogP contribution is 2.39. The van der Waals surface area contributed by atoms with Crippen molar-refractivity contribution in [1.82, 2.24) is 23.8 Å². The number of carbonyl (C=O) groups is 1. The van der Waals surface area contributed by atoms with Crippen LogP contribution in [-0.4, -0.2) is 77.2 Å². The number of fused-ring (bicyclic) bond motifs is 6. The lowest BCUT2D eigenvalue weighted by Crippen LogP contribution is -2.38. The highest BCUT2D eigenvalue weighted by Gasteiger charge is 2.37. The number of imidazole rings is 1. The van der Waals surface area contributed by atoms with Crippen LogP contribution < -0.4 is 14.8 Å². The molecule has 6 heterocycles. The predicted molar refractivity (Wildman–Crippen MR) is 166 cm³/mol. The number of hydrogen-bond donors (Lipinski definition) is 1. The van der Waals surface area contributed by atoms with Gasteiger partial charge in [-0.15, -0.1) is 0 Å². The predicted octanol–water partition coefficient (Wildman–Crippen LogP) is 4.27. The molecule has 4 aromatic rings. The van der Waals surface area contributed by atoms with Crippen molar-refractivity contribution in [2.45, 2.75) is 58.2 Å². The Kier molecular flexibility index (Phi) is 7.27. The van der Waals surface area contributed by atoms with Crippen LogP contribution in [0.5, 0.6) is 5.88 Å². The number of sulfonamides is 1. The third-order valence-electron chi connectivity index (χ3n) is 9.62. The lowest BCUT2D eigenvalue weighted by atomic mass is 9.81. The molecule has 2 bridgehead atoms. The van der Waals surface area contributed by atoms with E-state index in [1.54, 1.807) is 25.3 Å². The first-order chi connectivity index (χ1) is 21.4. The molecule has 2 aliphatic carbocycles. The molecule has 11 nitrogen and oxygen atoms in total. The zero-order valence-electron chi connectivity index (χ0n) is 25.5. The van der Waals surface area contributed by atoms with Crippen LogP contribution in [0.25, 0.3) is 28.1 Å². The van der Waals surface area contributed by atoms with E-state index in [0.717, 1.165) is 49.7 Å². The van der Waals surface area contributed by atoms with Crippen molar-refractivity contribution in [3.63, 3.8) is 0 Å². The molecular weight excluding hydrogens is 604 g/mol. The maximum atomic E-state index is 13.8. The third-order valence-corrected chi connectivity index (χ3v) is 10.7. The fraction of sp³-hybridized carbons (Fsp3) is 0.516. The van der Waals surface area contributed by atoms with E-state index in [2.05, 4.69) is 4.98 Å². The number of rotatable bonds is 8. The Hall–Kier alpha value is -3.78. The number of halogens is 2. The molecule has 45 heavy (non-hydrogen) atoms. The number of ether oxygens (including phenoxy) is 1. The minimum Gasteiger partial charge on any atom is -0.482 e. The first-order valence-corrected chi connectivity index (χ1v) is 17.2. The molecule has 4 fully saturated rings. The molecule has 4 aromatic heterocycles. The maximum absolute atomic E-state index is 13.8. The second kappa shape index (κ2) is 10.9. The first-order valence-electron chi connectivity index (χ1n) is 15.3. The summed E-state index contributed by atoms with van der Waals surface area (Å²) >= 11 is 0. The molecule has 4 aliphatic rings. The minimum atomic E-state index is -4.27. The molecule has 1 unspecified atom stereocenters. The normalized spacial score (nSPS) is 22.0. The van der Waals surface area contributed by atoms with Gasteiger partial charge >= 0.3 is 6.55 Å². The molecular formula is C31H37F2N7O4S. The summed E-state index contributed by atoms with van der Waals surface area (Å²) in [6.07, 6.45) is 5.86. The Labute approximate surface area is 260 Å². The van der Waals surface area contributed by atoms with Gasteiger partial charge in [0.05, 0.1) is 24.8 Å². The summed E-state index contributed by atoms with van der Waals surface area (Å²) in [4.78, 5) is 25.2. The summed E-state index contributed by atoms with van der Waals surface area (Å²) in [7, 11) is -2.71. The largest absolute Gasteiger partial charge is 0.482 e. The van der Waals surface area contributed by atoms with Crippen LogP contribution in [0.1, 0.15) is 48.2 Å². The van der Waals surface area contributed by atoms with Gasteiger partial charge in [0.25, 0.3) is 5.91 Å². The second-order valence-electron chi connectivity index (χ2n) is 12.8. The Morgan fingerprint density at radius 2 is 1.91 bits per heavy atom. The fourth-order valence-corrected chi connectivity index (χ4v) is 7.89. The van der Waals surface area contributed by atoms with Gasteiger partial charge in [0.1, 0.15) is 22.8 Å². The molecule has 2 aliphatic heterocycles. The highest BCUT2D eigenvalue weighted by molar-refractivity contribution is 7.92. The van der Waals surface area contributed by atoms with Crippen LogP contribution in [0.2, 0.25) is 0 Å². The second-order valence-corrected chi connectivity index (χ2v) is 14.7. The van der Waals surface area contributed by atoms with E-state index < -0.39 is 16.6 Å². The number of methoxy groups -OCH3 is 1. The molecule has 0 aromatic carbocycles. The molecule has 2 saturated carbocycles. The number of nitrogens with zero attached hydrogens (tertiary/aromatic N) is 6. The summed E-state index contributed by atoms with van der Waals surface area (Å²) < 4.78 is 61.7. The van der Waals surface area contributed by atoms with Crippen LogP contribution in [-0.2, 0) is 16.6 Å². The first kappa shape index (κ1) is 29.9. The number of alkyl halides is 2. The highest BCUT2D eigenvalue weighted by atomic mass is 32.2. The number of aryl methyl sites for hydroxylation is 1. The molecule has 1 amide bonds. The zero-order valence-corrected chi connectivity index (χ0v) is 26.3. The maximum Gasteiger partial charge on any atom is 0.329 e. The van der Waals surface area contributed by atoms with Gasteiger partial charge in [-0.1, -0.05) is 0 Å². The van der Waals surface area contributed by atoms with E-state index in [9.17, 15) is 22.0 Å². The summed E-state index contributed by atoms with van der Waals surface area (Å²) in [5.74, 6) is 1.14. The number of hydrogen-bond acceptors (Lipinski definition) is 7. The molecule has 240 valence electrons. The van der Waals surface area contributed by atoms with Crippen LogP contribution >= 0.6 is 0 Å². The van der Waals surface area contributed by atoms with Crippen LogP contribution in [0.3, 0.4) is 0 Å². The minimum absolute atomic E-state index is 0.0313. The monoisotopic (exact) mass is 641 g/mol. The summed E-state index contributed by atoms with van der Waals surface area (Å²) in [6, 6.07) is 8.44. The molecule has 0 radical (unpaired) electrons. The van der Waals surface area contributed by atoms with E-state index in [4.69, 9.17) is 15.5 Å². The average Bonchev–Trinajstić information content (AvgIpc) is 3.73. The van der Waals surface area contributed by atoms with E-state index >= 15 is 0 Å². The lowest BCUT2D eigenvalue weighted by Gasteiger charge is -2.28. The van der Waals surface area contributed by atoms with E-state index in [0.29, 0.717) is 71.2 Å². The number of aromatic nitrogens is 4. The number of pyridine rings is 2. The van der Waals surface area contributed by atoms with Crippen LogP contribution in [0, 0.1) is 24.7 Å². The van der Waals surface area contributed by atoms with Gasteiger partial charge < -0.3 is 19.9 Å². The summed E-state index contributed by atoms with van der Waals surface area (Å²) in [6.45, 7) is 0.543. The van der Waals surface area contributed by atoms with Gasteiger partial charge in [-0.3, -0.25) is 9.20 Å².